The van der Waals surface area contributed by atoms with Crippen LogP contribution in [0.5, 0.6) is 0 Å². The van der Waals surface area contributed by atoms with Crippen LogP contribution < -0.4 is 10.6 Å². The summed E-state index contributed by atoms with van der Waals surface area (Å²) in [5.41, 5.74) is 1.40. The number of rotatable bonds is 6. The molecule has 3 heteroatoms. The molecule has 3 nitrogen and oxygen atoms in total. The molecule has 0 radical (unpaired) electrons. The second-order valence-corrected chi connectivity index (χ2v) is 6.09. The van der Waals surface area contributed by atoms with Crippen LogP contribution in [-0.4, -0.2) is 24.5 Å². The summed E-state index contributed by atoms with van der Waals surface area (Å²) >= 11 is 0. The van der Waals surface area contributed by atoms with Gasteiger partial charge in [0.25, 0.3) is 0 Å². The van der Waals surface area contributed by atoms with Gasteiger partial charge in [-0.2, -0.15) is 0 Å². The van der Waals surface area contributed by atoms with Crippen molar-refractivity contribution in [2.24, 2.45) is 0 Å². The van der Waals surface area contributed by atoms with Crippen LogP contribution >= 0.6 is 0 Å². The van der Waals surface area contributed by atoms with E-state index in [1.54, 1.807) is 0 Å². The summed E-state index contributed by atoms with van der Waals surface area (Å²) in [6, 6.07) is 11.0. The van der Waals surface area contributed by atoms with Crippen molar-refractivity contribution in [2.75, 3.05) is 6.54 Å². The highest BCUT2D eigenvalue weighted by atomic mass is 16.2. The highest BCUT2D eigenvalue weighted by molar-refractivity contribution is 5.81. The Morgan fingerprint density at radius 3 is 2.67 bits per heavy atom. The molecule has 1 aromatic rings. The summed E-state index contributed by atoms with van der Waals surface area (Å²) < 4.78 is 0. The van der Waals surface area contributed by atoms with Crippen LogP contribution in [0.15, 0.2) is 30.3 Å². The van der Waals surface area contributed by atoms with Gasteiger partial charge in [0.2, 0.25) is 5.91 Å². The van der Waals surface area contributed by atoms with E-state index in [2.05, 4.69) is 47.9 Å². The molecule has 1 aliphatic carbocycles. The van der Waals surface area contributed by atoms with Crippen LogP contribution in [-0.2, 0) is 4.79 Å². The predicted octanol–water partition coefficient (Wildman–Crippen LogP) is 3.22. The van der Waals surface area contributed by atoms with Crippen LogP contribution in [0, 0.1) is 0 Å². The smallest absolute Gasteiger partial charge is 0.236 e. The molecule has 0 spiro atoms. The number of hydrogen-bond acceptors (Lipinski definition) is 2. The number of nitrogens with one attached hydrogen (secondary N) is 2. The van der Waals surface area contributed by atoms with Crippen molar-refractivity contribution in [3.05, 3.63) is 35.9 Å². The first-order valence-electron chi connectivity index (χ1n) is 8.31. The Kier molecular flexibility index (Phi) is 6.24. The van der Waals surface area contributed by atoms with Gasteiger partial charge in [0.15, 0.2) is 0 Å². The van der Waals surface area contributed by atoms with Crippen LogP contribution in [0.4, 0.5) is 0 Å². The number of carbonyl (C=O) groups is 1. The highest BCUT2D eigenvalue weighted by Gasteiger charge is 2.28. The van der Waals surface area contributed by atoms with Gasteiger partial charge >= 0.3 is 0 Å². The highest BCUT2D eigenvalue weighted by Crippen LogP contribution is 2.33. The fourth-order valence-corrected chi connectivity index (χ4v) is 3.23. The average molecular weight is 288 g/mol. The molecule has 2 N–H and O–H groups in total. The quantitative estimate of drug-likeness (QED) is 0.844. The normalized spacial score (nSPS) is 23.5. The summed E-state index contributed by atoms with van der Waals surface area (Å²) in [7, 11) is 0. The van der Waals surface area contributed by atoms with Crippen molar-refractivity contribution < 1.29 is 4.79 Å². The van der Waals surface area contributed by atoms with E-state index in [4.69, 9.17) is 0 Å². The molecular formula is C18H28N2O. The van der Waals surface area contributed by atoms with Gasteiger partial charge in [0.05, 0.1) is 6.04 Å². The molecule has 21 heavy (non-hydrogen) atoms. The van der Waals surface area contributed by atoms with Crippen molar-refractivity contribution in [3.63, 3.8) is 0 Å². The maximum atomic E-state index is 12.0. The monoisotopic (exact) mass is 288 g/mol. The van der Waals surface area contributed by atoms with E-state index in [-0.39, 0.29) is 11.9 Å². The first kappa shape index (κ1) is 16.0. The van der Waals surface area contributed by atoms with E-state index in [0.29, 0.717) is 12.0 Å². The lowest BCUT2D eigenvalue weighted by molar-refractivity contribution is -0.123. The zero-order valence-electron chi connectivity index (χ0n) is 13.3. The summed E-state index contributed by atoms with van der Waals surface area (Å²) in [5.74, 6) is 0.649. The first-order chi connectivity index (χ1) is 10.2. The van der Waals surface area contributed by atoms with Crippen molar-refractivity contribution >= 4 is 5.91 Å². The van der Waals surface area contributed by atoms with E-state index in [1.165, 1.54) is 24.8 Å². The van der Waals surface area contributed by atoms with E-state index in [9.17, 15) is 4.79 Å². The summed E-state index contributed by atoms with van der Waals surface area (Å²) in [6.45, 7) is 4.81. The van der Waals surface area contributed by atoms with Gasteiger partial charge in [0.1, 0.15) is 0 Å². The molecule has 0 heterocycles. The molecule has 2 rings (SSSR count). The Morgan fingerprint density at radius 2 is 1.95 bits per heavy atom. The maximum Gasteiger partial charge on any atom is 0.236 e. The lowest BCUT2D eigenvalue weighted by atomic mass is 9.79. The molecule has 1 fully saturated rings. The molecule has 1 aromatic carbocycles. The van der Waals surface area contributed by atoms with E-state index >= 15 is 0 Å². The third kappa shape index (κ3) is 4.57. The lowest BCUT2D eigenvalue weighted by Crippen LogP contribution is -2.49. The van der Waals surface area contributed by atoms with E-state index < -0.39 is 0 Å². The number of carbonyl (C=O) groups excluding carboxylic acids is 1. The molecule has 1 aliphatic rings. The third-order valence-electron chi connectivity index (χ3n) is 4.40. The molecular weight excluding hydrogens is 260 g/mol. The van der Waals surface area contributed by atoms with Gasteiger partial charge in [0, 0.05) is 12.6 Å². The third-order valence-corrected chi connectivity index (χ3v) is 4.40. The average Bonchev–Trinajstić information content (AvgIpc) is 2.54. The number of benzene rings is 1. The van der Waals surface area contributed by atoms with Crippen molar-refractivity contribution in [3.8, 4) is 0 Å². The second kappa shape index (κ2) is 8.18. The number of hydrogen-bond donors (Lipinski definition) is 2. The van der Waals surface area contributed by atoms with Gasteiger partial charge < -0.3 is 10.6 Å². The fraction of sp³-hybridized carbons (Fsp3) is 0.611. The molecule has 1 amide bonds. The standard InChI is InChI=1S/C18H28N2O/c1-3-13-19-18(21)14(2)20-17-12-8-7-11-16(17)15-9-5-4-6-10-15/h4-6,9-10,14,16-17,20H,3,7-8,11-13H2,1-2H3,(H,19,21). The Morgan fingerprint density at radius 1 is 1.24 bits per heavy atom. The van der Waals surface area contributed by atoms with Gasteiger partial charge in [-0.3, -0.25) is 4.79 Å². The molecule has 3 unspecified atom stereocenters. The topological polar surface area (TPSA) is 41.1 Å². The summed E-state index contributed by atoms with van der Waals surface area (Å²) in [4.78, 5) is 12.0. The fourth-order valence-electron chi connectivity index (χ4n) is 3.23. The Hall–Kier alpha value is -1.35. The largest absolute Gasteiger partial charge is 0.355 e. The summed E-state index contributed by atoms with van der Waals surface area (Å²) in [5, 5.41) is 6.54. The zero-order chi connectivity index (χ0) is 15.1. The molecule has 116 valence electrons. The molecule has 0 saturated heterocycles. The minimum atomic E-state index is -0.120. The number of amides is 1. The molecule has 1 saturated carbocycles. The minimum Gasteiger partial charge on any atom is -0.355 e. The lowest BCUT2D eigenvalue weighted by Gasteiger charge is -2.34. The van der Waals surface area contributed by atoms with Crippen LogP contribution in [0.3, 0.4) is 0 Å². The van der Waals surface area contributed by atoms with Gasteiger partial charge in [-0.1, -0.05) is 50.1 Å². The van der Waals surface area contributed by atoms with Gasteiger partial charge in [-0.15, -0.1) is 0 Å². The van der Waals surface area contributed by atoms with Crippen LogP contribution in [0.2, 0.25) is 0 Å². The Balaban J connectivity index is 1.97. The molecule has 0 aliphatic heterocycles. The SMILES string of the molecule is CCCNC(=O)C(C)NC1CCCCC1c1ccccc1. The zero-order valence-corrected chi connectivity index (χ0v) is 13.3. The summed E-state index contributed by atoms with van der Waals surface area (Å²) in [6.07, 6.45) is 5.89. The van der Waals surface area contributed by atoms with Crippen LogP contribution in [0.1, 0.15) is 57.4 Å². The van der Waals surface area contributed by atoms with Crippen molar-refractivity contribution in [1.29, 1.82) is 0 Å². The van der Waals surface area contributed by atoms with E-state index in [0.717, 1.165) is 19.4 Å². The van der Waals surface area contributed by atoms with Gasteiger partial charge in [-0.05, 0) is 37.7 Å². The first-order valence-corrected chi connectivity index (χ1v) is 8.31. The van der Waals surface area contributed by atoms with E-state index in [1.807, 2.05) is 6.92 Å². The van der Waals surface area contributed by atoms with Gasteiger partial charge in [-0.25, -0.2) is 0 Å². The Labute approximate surface area is 128 Å². The maximum absolute atomic E-state index is 12.0. The van der Waals surface area contributed by atoms with Crippen LogP contribution in [0.25, 0.3) is 0 Å². The molecule has 3 atom stereocenters. The molecule has 0 aromatic heterocycles. The second-order valence-electron chi connectivity index (χ2n) is 6.09. The predicted molar refractivity (Wildman–Crippen MR) is 87.3 cm³/mol. The van der Waals surface area contributed by atoms with Crippen molar-refractivity contribution in [1.82, 2.24) is 10.6 Å². The Bertz CT molecular complexity index is 432. The van der Waals surface area contributed by atoms with Crippen molar-refractivity contribution in [2.45, 2.75) is 64.0 Å². The minimum absolute atomic E-state index is 0.120. The molecule has 0 bridgehead atoms.